The molecule has 1 aromatic heterocycles. The largest absolute Gasteiger partial charge is 0.480 e. The van der Waals surface area contributed by atoms with E-state index in [2.05, 4.69) is 4.98 Å². The van der Waals surface area contributed by atoms with Crippen LogP contribution in [-0.2, 0) is 11.3 Å². The first-order chi connectivity index (χ1) is 10.1. The minimum absolute atomic E-state index is 0.226. The van der Waals surface area contributed by atoms with Crippen molar-refractivity contribution in [3.63, 3.8) is 0 Å². The fraction of sp³-hybridized carbons (Fsp3) is 0.500. The Morgan fingerprint density at radius 2 is 2.33 bits per heavy atom. The number of carboxylic acid groups (broad SMARTS) is 1. The predicted molar refractivity (Wildman–Crippen MR) is 81.2 cm³/mol. The second-order valence-electron chi connectivity index (χ2n) is 4.74. The van der Waals surface area contributed by atoms with E-state index in [1.54, 1.807) is 22.9 Å². The lowest BCUT2D eigenvalue weighted by molar-refractivity contribution is -0.141. The Kier molecular flexibility index (Phi) is 5.44. The number of carbonyl (C=O) groups excluding carboxylic acids is 1. The monoisotopic (exact) mass is 309 g/mol. The molecule has 1 fully saturated rings. The Bertz CT molecular complexity index is 497. The quantitative estimate of drug-likeness (QED) is 0.913. The van der Waals surface area contributed by atoms with Crippen LogP contribution in [0.4, 0.5) is 4.79 Å². The van der Waals surface area contributed by atoms with E-state index in [0.29, 0.717) is 25.4 Å². The summed E-state index contributed by atoms with van der Waals surface area (Å²) in [6.07, 6.45) is 1.69. The molecule has 1 aliphatic rings. The number of carbonyl (C=O) groups is 2. The topological polar surface area (TPSA) is 73.7 Å². The molecule has 1 aliphatic heterocycles. The van der Waals surface area contributed by atoms with Crippen molar-refractivity contribution in [3.8, 4) is 0 Å². The van der Waals surface area contributed by atoms with Gasteiger partial charge in [-0.25, -0.2) is 9.59 Å². The average Bonchev–Trinajstić information content (AvgIpc) is 2.53. The lowest BCUT2D eigenvalue weighted by atomic mass is 10.2. The Balaban J connectivity index is 2.09. The summed E-state index contributed by atoms with van der Waals surface area (Å²) in [5.74, 6) is 0.281. The summed E-state index contributed by atoms with van der Waals surface area (Å²) in [5, 5.41) is 9.26. The van der Waals surface area contributed by atoms with Crippen molar-refractivity contribution in [2.75, 3.05) is 24.6 Å². The van der Waals surface area contributed by atoms with E-state index in [-0.39, 0.29) is 6.03 Å². The van der Waals surface area contributed by atoms with E-state index in [1.807, 2.05) is 25.1 Å². The van der Waals surface area contributed by atoms with E-state index >= 15 is 0 Å². The van der Waals surface area contributed by atoms with Crippen molar-refractivity contribution in [2.24, 2.45) is 0 Å². The van der Waals surface area contributed by atoms with Gasteiger partial charge in [-0.3, -0.25) is 4.98 Å². The maximum atomic E-state index is 12.6. The van der Waals surface area contributed by atoms with Crippen LogP contribution < -0.4 is 0 Å². The molecule has 0 radical (unpaired) electrons. The van der Waals surface area contributed by atoms with Crippen molar-refractivity contribution in [2.45, 2.75) is 19.5 Å². The maximum absolute atomic E-state index is 12.6. The number of rotatable bonds is 4. The highest BCUT2D eigenvalue weighted by Gasteiger charge is 2.34. The van der Waals surface area contributed by atoms with Crippen LogP contribution >= 0.6 is 11.8 Å². The van der Waals surface area contributed by atoms with Crippen LogP contribution in [0.15, 0.2) is 24.4 Å². The first-order valence-corrected chi connectivity index (χ1v) is 8.05. The third-order valence-electron chi connectivity index (χ3n) is 3.39. The summed E-state index contributed by atoms with van der Waals surface area (Å²) in [6, 6.07) is 4.59. The number of amides is 2. The fourth-order valence-electron chi connectivity index (χ4n) is 2.22. The molecule has 0 spiro atoms. The van der Waals surface area contributed by atoms with Crippen LogP contribution in [-0.4, -0.2) is 62.5 Å². The van der Waals surface area contributed by atoms with Gasteiger partial charge in [0.15, 0.2) is 0 Å². The zero-order chi connectivity index (χ0) is 15.2. The van der Waals surface area contributed by atoms with Gasteiger partial charge in [0.05, 0.1) is 12.2 Å². The van der Waals surface area contributed by atoms with Gasteiger partial charge in [0, 0.05) is 30.8 Å². The van der Waals surface area contributed by atoms with E-state index in [4.69, 9.17) is 0 Å². The zero-order valence-electron chi connectivity index (χ0n) is 11.9. The van der Waals surface area contributed by atoms with Crippen LogP contribution in [0.3, 0.4) is 0 Å². The number of carboxylic acids is 1. The van der Waals surface area contributed by atoms with E-state index in [9.17, 15) is 14.7 Å². The van der Waals surface area contributed by atoms with E-state index in [0.717, 1.165) is 11.4 Å². The fourth-order valence-corrected chi connectivity index (χ4v) is 3.26. The molecule has 1 N–H and O–H groups in total. The third-order valence-corrected chi connectivity index (χ3v) is 4.41. The van der Waals surface area contributed by atoms with Crippen LogP contribution in [0.2, 0.25) is 0 Å². The van der Waals surface area contributed by atoms with Gasteiger partial charge in [-0.05, 0) is 19.1 Å². The summed E-state index contributed by atoms with van der Waals surface area (Å²) in [4.78, 5) is 31.2. The lowest BCUT2D eigenvalue weighted by Crippen LogP contribution is -2.54. The minimum atomic E-state index is -0.940. The molecule has 2 rings (SSSR count). The SMILES string of the molecule is CCN(Cc1ccccn1)C(=O)N1CCSCC1C(=O)O. The molecule has 1 aromatic rings. The second kappa shape index (κ2) is 7.31. The Hall–Kier alpha value is -1.76. The van der Waals surface area contributed by atoms with Crippen LogP contribution in [0.1, 0.15) is 12.6 Å². The van der Waals surface area contributed by atoms with Gasteiger partial charge in [-0.2, -0.15) is 11.8 Å². The number of hydrogen-bond donors (Lipinski definition) is 1. The highest BCUT2D eigenvalue weighted by atomic mass is 32.2. The van der Waals surface area contributed by atoms with Gasteiger partial charge < -0.3 is 14.9 Å². The molecule has 2 heterocycles. The number of urea groups is 1. The summed E-state index contributed by atoms with van der Waals surface area (Å²) in [5.41, 5.74) is 0.797. The Morgan fingerprint density at radius 3 is 2.95 bits per heavy atom. The highest BCUT2D eigenvalue weighted by molar-refractivity contribution is 7.99. The molecule has 7 heteroatoms. The minimum Gasteiger partial charge on any atom is -0.480 e. The summed E-state index contributed by atoms with van der Waals surface area (Å²) < 4.78 is 0. The molecule has 0 aromatic carbocycles. The van der Waals surface area contributed by atoms with Gasteiger partial charge in [-0.1, -0.05) is 6.07 Å². The maximum Gasteiger partial charge on any atom is 0.327 e. The summed E-state index contributed by atoms with van der Waals surface area (Å²) in [7, 11) is 0. The van der Waals surface area contributed by atoms with E-state index < -0.39 is 12.0 Å². The number of aliphatic carboxylic acids is 1. The predicted octanol–water partition coefficient (Wildman–Crippen LogP) is 1.53. The number of nitrogens with zero attached hydrogens (tertiary/aromatic N) is 3. The summed E-state index contributed by atoms with van der Waals surface area (Å²) in [6.45, 7) is 3.27. The third kappa shape index (κ3) is 3.87. The molecule has 1 atom stereocenters. The van der Waals surface area contributed by atoms with Crippen LogP contribution in [0.25, 0.3) is 0 Å². The normalized spacial score (nSPS) is 18.3. The van der Waals surface area contributed by atoms with Crippen molar-refractivity contribution >= 4 is 23.8 Å². The van der Waals surface area contributed by atoms with Crippen LogP contribution in [0.5, 0.6) is 0 Å². The second-order valence-corrected chi connectivity index (χ2v) is 5.89. The number of pyridine rings is 1. The molecule has 0 bridgehead atoms. The van der Waals surface area contributed by atoms with Gasteiger partial charge in [-0.15, -0.1) is 0 Å². The Labute approximate surface area is 128 Å². The van der Waals surface area contributed by atoms with Gasteiger partial charge in [0.25, 0.3) is 0 Å². The summed E-state index contributed by atoms with van der Waals surface area (Å²) >= 11 is 1.57. The average molecular weight is 309 g/mol. The van der Waals surface area contributed by atoms with Crippen molar-refractivity contribution < 1.29 is 14.7 Å². The number of aromatic nitrogens is 1. The van der Waals surface area contributed by atoms with Crippen molar-refractivity contribution in [3.05, 3.63) is 30.1 Å². The number of thioether (sulfide) groups is 1. The molecule has 21 heavy (non-hydrogen) atoms. The van der Waals surface area contributed by atoms with Crippen LogP contribution in [0, 0.1) is 0 Å². The van der Waals surface area contributed by atoms with Gasteiger partial charge in [0.1, 0.15) is 6.04 Å². The van der Waals surface area contributed by atoms with Crippen molar-refractivity contribution in [1.82, 2.24) is 14.8 Å². The first kappa shape index (κ1) is 15.6. The molecule has 0 aliphatic carbocycles. The first-order valence-electron chi connectivity index (χ1n) is 6.89. The zero-order valence-corrected chi connectivity index (χ0v) is 12.8. The molecule has 6 nitrogen and oxygen atoms in total. The molecule has 1 saturated heterocycles. The molecule has 114 valence electrons. The van der Waals surface area contributed by atoms with Gasteiger partial charge >= 0.3 is 12.0 Å². The molecule has 2 amide bonds. The Morgan fingerprint density at radius 1 is 1.52 bits per heavy atom. The highest BCUT2D eigenvalue weighted by Crippen LogP contribution is 2.19. The number of hydrogen-bond acceptors (Lipinski definition) is 4. The van der Waals surface area contributed by atoms with Crippen molar-refractivity contribution in [1.29, 1.82) is 0 Å². The lowest BCUT2D eigenvalue weighted by Gasteiger charge is -2.36. The smallest absolute Gasteiger partial charge is 0.327 e. The molecular weight excluding hydrogens is 290 g/mol. The van der Waals surface area contributed by atoms with Gasteiger partial charge in [0.2, 0.25) is 0 Å². The van der Waals surface area contributed by atoms with E-state index in [1.165, 1.54) is 4.90 Å². The molecular formula is C14H19N3O3S. The molecule has 1 unspecified atom stereocenters. The standard InChI is InChI=1S/C14H19N3O3S/c1-2-16(9-11-5-3-4-6-15-11)14(20)17-7-8-21-10-12(17)13(18)19/h3-6,12H,2,7-10H2,1H3,(H,18,19). The molecule has 0 saturated carbocycles.